The van der Waals surface area contributed by atoms with Crippen molar-refractivity contribution in [2.24, 2.45) is 0 Å². The highest BCUT2D eigenvalue weighted by atomic mass is 32.2. The number of rotatable bonds is 6. The van der Waals surface area contributed by atoms with Crippen molar-refractivity contribution >= 4 is 9.84 Å². The van der Waals surface area contributed by atoms with Gasteiger partial charge in [0, 0.05) is 11.1 Å². The van der Waals surface area contributed by atoms with E-state index in [1.54, 1.807) is 24.3 Å². The van der Waals surface area contributed by atoms with Gasteiger partial charge in [-0.05, 0) is 48.9 Å². The van der Waals surface area contributed by atoms with E-state index in [-0.39, 0.29) is 10.7 Å². The maximum Gasteiger partial charge on any atom is 0.226 e. The van der Waals surface area contributed by atoms with E-state index in [1.165, 1.54) is 24.3 Å². The molecule has 5 aromatic rings. The number of sulfone groups is 1. The Labute approximate surface area is 203 Å². The molecule has 1 aromatic heterocycles. The zero-order valence-electron chi connectivity index (χ0n) is 18.9. The van der Waals surface area contributed by atoms with Crippen molar-refractivity contribution in [1.82, 2.24) is 4.98 Å². The summed E-state index contributed by atoms with van der Waals surface area (Å²) in [7, 11) is -3.99. The van der Waals surface area contributed by atoms with Crippen LogP contribution in [0.25, 0.3) is 22.7 Å². The summed E-state index contributed by atoms with van der Waals surface area (Å²) in [5.41, 5.74) is 3.20. The maximum absolute atomic E-state index is 14.1. The molecule has 0 saturated carbocycles. The van der Waals surface area contributed by atoms with E-state index in [2.05, 4.69) is 0 Å². The minimum atomic E-state index is -3.99. The summed E-state index contributed by atoms with van der Waals surface area (Å²) >= 11 is 0. The number of hydrogen-bond acceptors (Lipinski definition) is 4. The Morgan fingerprint density at radius 2 is 1.31 bits per heavy atom. The van der Waals surface area contributed by atoms with Crippen molar-refractivity contribution in [2.75, 3.05) is 0 Å². The van der Waals surface area contributed by atoms with Crippen molar-refractivity contribution < 1.29 is 17.2 Å². The molecule has 1 unspecified atom stereocenters. The Hall–Kier alpha value is -4.03. The van der Waals surface area contributed by atoms with Crippen LogP contribution in [-0.4, -0.2) is 13.4 Å². The third-order valence-electron chi connectivity index (χ3n) is 5.79. The summed E-state index contributed by atoms with van der Waals surface area (Å²) in [6.45, 7) is 1.89. The zero-order chi connectivity index (χ0) is 24.4. The summed E-state index contributed by atoms with van der Waals surface area (Å²) in [6, 6.07) is 30.8. The molecule has 1 heterocycles. The molecule has 4 aromatic carbocycles. The third-order valence-corrected chi connectivity index (χ3v) is 7.83. The van der Waals surface area contributed by atoms with Gasteiger partial charge in [0.1, 0.15) is 11.5 Å². The fraction of sp³-hybridized carbons (Fsp3) is 0.0690. The molecule has 35 heavy (non-hydrogen) atoms. The number of halogens is 1. The van der Waals surface area contributed by atoms with E-state index in [1.807, 2.05) is 67.6 Å². The second kappa shape index (κ2) is 9.31. The molecular weight excluding hydrogens is 461 g/mol. The molecule has 0 saturated heterocycles. The normalized spacial score (nSPS) is 12.4. The number of oxazole rings is 1. The lowest BCUT2D eigenvalue weighted by molar-refractivity contribution is 0.513. The molecule has 0 amide bonds. The monoisotopic (exact) mass is 483 g/mol. The largest absolute Gasteiger partial charge is 0.439 e. The smallest absolute Gasteiger partial charge is 0.226 e. The van der Waals surface area contributed by atoms with Gasteiger partial charge >= 0.3 is 0 Å². The third kappa shape index (κ3) is 4.53. The summed E-state index contributed by atoms with van der Waals surface area (Å²) < 4.78 is 48.2. The Balaban J connectivity index is 1.78. The molecule has 5 rings (SSSR count). The van der Waals surface area contributed by atoms with Crippen LogP contribution in [0.5, 0.6) is 0 Å². The molecule has 0 spiro atoms. The van der Waals surface area contributed by atoms with Gasteiger partial charge in [0.15, 0.2) is 20.8 Å². The van der Waals surface area contributed by atoms with Gasteiger partial charge in [-0.1, -0.05) is 78.4 Å². The van der Waals surface area contributed by atoms with E-state index in [4.69, 9.17) is 9.40 Å². The van der Waals surface area contributed by atoms with Gasteiger partial charge in [0.2, 0.25) is 5.89 Å². The number of aromatic nitrogens is 1. The summed E-state index contributed by atoms with van der Waals surface area (Å²) in [4.78, 5) is 4.88. The van der Waals surface area contributed by atoms with Crippen molar-refractivity contribution in [3.05, 3.63) is 132 Å². The predicted molar refractivity (Wildman–Crippen MR) is 134 cm³/mol. The van der Waals surface area contributed by atoms with Crippen LogP contribution in [-0.2, 0) is 9.84 Å². The van der Waals surface area contributed by atoms with Crippen LogP contribution in [0.3, 0.4) is 0 Å². The van der Waals surface area contributed by atoms with Crippen molar-refractivity contribution in [3.63, 3.8) is 0 Å². The SMILES string of the molecule is Cc1ccc(S(=O)(=O)C(c2ccc(F)cc2)c2oc(-c3ccccc3)nc2-c2ccccc2)cc1. The fourth-order valence-electron chi connectivity index (χ4n) is 3.99. The van der Waals surface area contributed by atoms with Crippen LogP contribution in [0.2, 0.25) is 0 Å². The van der Waals surface area contributed by atoms with Crippen LogP contribution in [0, 0.1) is 12.7 Å². The fourth-order valence-corrected chi connectivity index (χ4v) is 5.73. The first-order valence-corrected chi connectivity index (χ1v) is 12.7. The number of nitrogens with zero attached hydrogens (tertiary/aromatic N) is 1. The molecule has 0 aliphatic carbocycles. The molecule has 0 radical (unpaired) electrons. The lowest BCUT2D eigenvalue weighted by Gasteiger charge is -2.18. The standard InChI is InChI=1S/C29H22FNO3S/c1-20-12-18-25(19-13-20)35(32,33)28(22-14-16-24(30)17-15-22)27-26(21-8-4-2-5-9-21)31-29(34-27)23-10-6-3-7-11-23/h2-19,28H,1H3. The lowest BCUT2D eigenvalue weighted by Crippen LogP contribution is -2.16. The van der Waals surface area contributed by atoms with Crippen LogP contribution in [0.15, 0.2) is 119 Å². The van der Waals surface area contributed by atoms with Gasteiger partial charge in [-0.15, -0.1) is 0 Å². The maximum atomic E-state index is 14.1. The van der Waals surface area contributed by atoms with E-state index >= 15 is 0 Å². The Morgan fingerprint density at radius 1 is 0.743 bits per heavy atom. The van der Waals surface area contributed by atoms with Gasteiger partial charge < -0.3 is 4.42 Å². The Bertz CT molecular complexity index is 1540. The molecule has 4 nitrogen and oxygen atoms in total. The second-order valence-electron chi connectivity index (χ2n) is 8.25. The van der Waals surface area contributed by atoms with Crippen molar-refractivity contribution in [3.8, 4) is 22.7 Å². The highest BCUT2D eigenvalue weighted by molar-refractivity contribution is 7.91. The highest BCUT2D eigenvalue weighted by Gasteiger charge is 2.37. The van der Waals surface area contributed by atoms with E-state index in [0.717, 1.165) is 16.7 Å². The summed E-state index contributed by atoms with van der Waals surface area (Å²) in [6.07, 6.45) is 0. The molecular formula is C29H22FNO3S. The Kier molecular flexibility index (Phi) is 6.05. The first-order chi connectivity index (χ1) is 16.9. The van der Waals surface area contributed by atoms with Crippen molar-refractivity contribution in [2.45, 2.75) is 17.1 Å². The minimum absolute atomic E-state index is 0.147. The lowest BCUT2D eigenvalue weighted by atomic mass is 10.0. The Morgan fingerprint density at radius 3 is 1.91 bits per heavy atom. The van der Waals surface area contributed by atoms with Gasteiger partial charge in [-0.3, -0.25) is 0 Å². The number of hydrogen-bond donors (Lipinski definition) is 0. The van der Waals surface area contributed by atoms with Crippen LogP contribution < -0.4 is 0 Å². The molecule has 174 valence electrons. The van der Waals surface area contributed by atoms with E-state index in [0.29, 0.717) is 17.1 Å². The molecule has 1 atom stereocenters. The van der Waals surface area contributed by atoms with Gasteiger partial charge in [-0.2, -0.15) is 0 Å². The number of benzene rings is 4. The van der Waals surface area contributed by atoms with Crippen LogP contribution >= 0.6 is 0 Å². The average molecular weight is 484 g/mol. The van der Waals surface area contributed by atoms with Gasteiger partial charge in [-0.25, -0.2) is 17.8 Å². The first kappa shape index (κ1) is 22.7. The van der Waals surface area contributed by atoms with Gasteiger partial charge in [0.05, 0.1) is 4.90 Å². The topological polar surface area (TPSA) is 60.2 Å². The van der Waals surface area contributed by atoms with Crippen LogP contribution in [0.1, 0.15) is 22.1 Å². The summed E-state index contributed by atoms with van der Waals surface area (Å²) in [5.74, 6) is 0.0407. The predicted octanol–water partition coefficient (Wildman–Crippen LogP) is 7.02. The molecule has 0 aliphatic rings. The first-order valence-electron chi connectivity index (χ1n) is 11.1. The zero-order valence-corrected chi connectivity index (χ0v) is 19.7. The highest BCUT2D eigenvalue weighted by Crippen LogP contribution is 2.42. The summed E-state index contributed by atoms with van der Waals surface area (Å²) in [5, 5.41) is -1.23. The molecule has 6 heteroatoms. The van der Waals surface area contributed by atoms with Gasteiger partial charge in [0.25, 0.3) is 0 Å². The van der Waals surface area contributed by atoms with Crippen LogP contribution in [0.4, 0.5) is 4.39 Å². The molecule has 0 fully saturated rings. The molecule has 0 bridgehead atoms. The second-order valence-corrected chi connectivity index (χ2v) is 10.3. The van der Waals surface area contributed by atoms with E-state index < -0.39 is 20.9 Å². The quantitative estimate of drug-likeness (QED) is 0.260. The number of aryl methyl sites for hydroxylation is 1. The van der Waals surface area contributed by atoms with E-state index in [9.17, 15) is 12.8 Å². The van der Waals surface area contributed by atoms with Crippen molar-refractivity contribution in [1.29, 1.82) is 0 Å². The minimum Gasteiger partial charge on any atom is -0.439 e. The molecule has 0 aliphatic heterocycles. The molecule has 0 N–H and O–H groups in total. The average Bonchev–Trinajstić information content (AvgIpc) is 3.31.